The average molecular weight is 341 g/mol. The first-order valence-electron chi connectivity index (χ1n) is 8.70. The molecule has 0 saturated heterocycles. The van der Waals surface area contributed by atoms with Gasteiger partial charge in [-0.15, -0.1) is 0 Å². The van der Waals surface area contributed by atoms with Crippen LogP contribution in [0.15, 0.2) is 84.9 Å². The lowest BCUT2D eigenvalue weighted by atomic mass is 10.0. The van der Waals surface area contributed by atoms with Gasteiger partial charge in [-0.2, -0.15) is 0 Å². The molecule has 0 radical (unpaired) electrons. The smallest absolute Gasteiger partial charge is 0.159 e. The number of Topliss-reactive ketones (excluding diaryl/α,β-unsaturated/α-hetero) is 1. The summed E-state index contributed by atoms with van der Waals surface area (Å²) >= 11 is 0. The number of rotatable bonds is 2. The zero-order chi connectivity index (χ0) is 18.5. The molecule has 0 aliphatic carbocycles. The number of benzene rings is 4. The van der Waals surface area contributed by atoms with E-state index in [2.05, 4.69) is 60.7 Å². The molecule has 2 nitrogen and oxygen atoms in total. The molecular weight excluding hydrogens is 318 g/mol. The van der Waals surface area contributed by atoms with Crippen molar-refractivity contribution >= 4 is 33.0 Å². The van der Waals surface area contributed by atoms with Crippen molar-refractivity contribution in [3.05, 3.63) is 90.5 Å². The van der Waals surface area contributed by atoms with Gasteiger partial charge in [0.1, 0.15) is 0 Å². The van der Waals surface area contributed by atoms with Crippen LogP contribution >= 0.6 is 0 Å². The quantitative estimate of drug-likeness (QED) is 0.332. The Morgan fingerprint density at radius 2 is 1.04 bits per heavy atom. The molecule has 4 aromatic rings. The fourth-order valence-electron chi connectivity index (χ4n) is 2.88. The largest absolute Gasteiger partial charge is 0.378 e. The second-order valence-electron chi connectivity index (χ2n) is 6.54. The average Bonchev–Trinajstić information content (AvgIpc) is 2.67. The number of fused-ring (bicyclic) bond motifs is 2. The minimum Gasteiger partial charge on any atom is -0.378 e. The van der Waals surface area contributed by atoms with Crippen molar-refractivity contribution in [2.45, 2.75) is 6.92 Å². The van der Waals surface area contributed by atoms with E-state index in [4.69, 9.17) is 0 Å². The third kappa shape index (κ3) is 4.09. The van der Waals surface area contributed by atoms with Gasteiger partial charge in [0.25, 0.3) is 0 Å². The molecule has 0 bridgehead atoms. The Kier molecular flexibility index (Phi) is 5.33. The summed E-state index contributed by atoms with van der Waals surface area (Å²) < 4.78 is 0. The van der Waals surface area contributed by atoms with Gasteiger partial charge in [0.2, 0.25) is 0 Å². The third-order valence-corrected chi connectivity index (χ3v) is 4.40. The summed E-state index contributed by atoms with van der Waals surface area (Å²) in [6, 6.07) is 29.0. The normalized spacial score (nSPS) is 10.3. The Balaban J connectivity index is 0.000000153. The maximum Gasteiger partial charge on any atom is 0.159 e. The van der Waals surface area contributed by atoms with Crippen LogP contribution in [0.3, 0.4) is 0 Å². The molecule has 0 atom stereocenters. The summed E-state index contributed by atoms with van der Waals surface area (Å²) in [5.41, 5.74) is 1.88. The van der Waals surface area contributed by atoms with Crippen LogP contribution in [0.25, 0.3) is 21.5 Å². The van der Waals surface area contributed by atoms with E-state index in [1.165, 1.54) is 21.5 Å². The molecule has 2 heteroatoms. The molecule has 0 unspecified atom stereocenters. The molecule has 0 aliphatic rings. The van der Waals surface area contributed by atoms with Gasteiger partial charge in [-0.1, -0.05) is 48.5 Å². The van der Waals surface area contributed by atoms with E-state index in [9.17, 15) is 4.79 Å². The van der Waals surface area contributed by atoms with Crippen LogP contribution < -0.4 is 4.90 Å². The van der Waals surface area contributed by atoms with E-state index in [0.717, 1.165) is 11.3 Å². The van der Waals surface area contributed by atoms with Gasteiger partial charge < -0.3 is 4.90 Å². The van der Waals surface area contributed by atoms with E-state index in [-0.39, 0.29) is 5.78 Å². The van der Waals surface area contributed by atoms with Gasteiger partial charge in [-0.3, -0.25) is 4.79 Å². The molecule has 0 saturated carbocycles. The zero-order valence-corrected chi connectivity index (χ0v) is 15.4. The molecule has 0 aliphatic heterocycles. The number of ketones is 1. The highest BCUT2D eigenvalue weighted by Gasteiger charge is 1.99. The third-order valence-electron chi connectivity index (χ3n) is 4.40. The van der Waals surface area contributed by atoms with Crippen molar-refractivity contribution in [3.8, 4) is 0 Å². The summed E-state index contributed by atoms with van der Waals surface area (Å²) in [4.78, 5) is 12.9. The van der Waals surface area contributed by atoms with E-state index in [1.54, 1.807) is 6.92 Å². The number of nitrogens with zero attached hydrogens (tertiary/aromatic N) is 1. The van der Waals surface area contributed by atoms with E-state index in [1.807, 2.05) is 43.3 Å². The van der Waals surface area contributed by atoms with Crippen LogP contribution in [0.4, 0.5) is 5.69 Å². The standard InChI is InChI=1S/C14H10.C10H13NO/c1-2-6-12-10-14-8-4-3-7-13(14)9-11(12)5-1;1-8(12)9-4-6-10(7-5-9)11(2)3/h1-10H;4-7H,1-3H3. The van der Waals surface area contributed by atoms with Crippen LogP contribution in [0.1, 0.15) is 17.3 Å². The molecule has 4 rings (SSSR count). The number of carbonyl (C=O) groups is 1. The molecule has 0 amide bonds. The van der Waals surface area contributed by atoms with Gasteiger partial charge >= 0.3 is 0 Å². The predicted octanol–water partition coefficient (Wildman–Crippen LogP) is 5.95. The highest BCUT2D eigenvalue weighted by atomic mass is 16.1. The first-order chi connectivity index (χ1) is 12.5. The summed E-state index contributed by atoms with van der Waals surface area (Å²) in [5.74, 6) is 0.111. The van der Waals surface area contributed by atoms with Crippen LogP contribution in [-0.4, -0.2) is 19.9 Å². The van der Waals surface area contributed by atoms with Crippen molar-refractivity contribution < 1.29 is 4.79 Å². The monoisotopic (exact) mass is 341 g/mol. The maximum atomic E-state index is 10.9. The minimum absolute atomic E-state index is 0.111. The van der Waals surface area contributed by atoms with Gasteiger partial charge in [-0.25, -0.2) is 0 Å². The second kappa shape index (κ2) is 7.83. The van der Waals surface area contributed by atoms with Gasteiger partial charge in [0, 0.05) is 25.3 Å². The van der Waals surface area contributed by atoms with Crippen molar-refractivity contribution in [3.63, 3.8) is 0 Å². The zero-order valence-electron chi connectivity index (χ0n) is 15.4. The lowest BCUT2D eigenvalue weighted by Gasteiger charge is -2.11. The van der Waals surface area contributed by atoms with Crippen molar-refractivity contribution in [1.82, 2.24) is 0 Å². The van der Waals surface area contributed by atoms with Crippen molar-refractivity contribution in [2.24, 2.45) is 0 Å². The summed E-state index contributed by atoms with van der Waals surface area (Å²) in [5, 5.41) is 5.25. The van der Waals surface area contributed by atoms with Gasteiger partial charge in [-0.05, 0) is 64.9 Å². The Bertz CT molecular complexity index is 928. The Morgan fingerprint density at radius 3 is 1.35 bits per heavy atom. The summed E-state index contributed by atoms with van der Waals surface area (Å²) in [6.07, 6.45) is 0. The number of hydrogen-bond acceptors (Lipinski definition) is 2. The minimum atomic E-state index is 0.111. The van der Waals surface area contributed by atoms with E-state index < -0.39 is 0 Å². The fraction of sp³-hybridized carbons (Fsp3) is 0.125. The summed E-state index contributed by atoms with van der Waals surface area (Å²) in [6.45, 7) is 1.57. The fourth-order valence-corrected chi connectivity index (χ4v) is 2.88. The first-order valence-corrected chi connectivity index (χ1v) is 8.70. The number of hydrogen-bond donors (Lipinski definition) is 0. The SMILES string of the molecule is CC(=O)c1ccc(N(C)C)cc1.c1ccc2cc3ccccc3cc2c1. The highest BCUT2D eigenvalue weighted by molar-refractivity contribution is 5.98. The van der Waals surface area contributed by atoms with Crippen LogP contribution in [0.2, 0.25) is 0 Å². The highest BCUT2D eigenvalue weighted by Crippen LogP contribution is 2.22. The first kappa shape index (κ1) is 17.7. The molecule has 0 N–H and O–H groups in total. The van der Waals surface area contributed by atoms with Crippen molar-refractivity contribution in [1.29, 1.82) is 0 Å². The molecule has 26 heavy (non-hydrogen) atoms. The Hall–Kier alpha value is -3.13. The molecule has 0 heterocycles. The molecule has 0 spiro atoms. The van der Waals surface area contributed by atoms with Crippen LogP contribution in [-0.2, 0) is 0 Å². The van der Waals surface area contributed by atoms with Crippen molar-refractivity contribution in [2.75, 3.05) is 19.0 Å². The second-order valence-corrected chi connectivity index (χ2v) is 6.54. The predicted molar refractivity (Wildman–Crippen MR) is 112 cm³/mol. The topological polar surface area (TPSA) is 20.3 Å². The Labute approximate surface area is 154 Å². The lowest BCUT2D eigenvalue weighted by Crippen LogP contribution is -2.08. The Morgan fingerprint density at radius 1 is 0.654 bits per heavy atom. The molecule has 130 valence electrons. The van der Waals surface area contributed by atoms with E-state index in [0.29, 0.717) is 0 Å². The van der Waals surface area contributed by atoms with Gasteiger partial charge in [0.05, 0.1) is 0 Å². The molecule has 4 aromatic carbocycles. The van der Waals surface area contributed by atoms with Gasteiger partial charge in [0.15, 0.2) is 5.78 Å². The maximum absolute atomic E-state index is 10.9. The van der Waals surface area contributed by atoms with E-state index >= 15 is 0 Å². The number of carbonyl (C=O) groups excluding carboxylic acids is 1. The molecule has 0 fully saturated rings. The van der Waals surface area contributed by atoms with Crippen LogP contribution in [0.5, 0.6) is 0 Å². The lowest BCUT2D eigenvalue weighted by molar-refractivity contribution is 0.101. The summed E-state index contributed by atoms with van der Waals surface area (Å²) in [7, 11) is 3.95. The number of anilines is 1. The molecular formula is C24H23NO. The molecule has 0 aromatic heterocycles. The van der Waals surface area contributed by atoms with Crippen LogP contribution in [0, 0.1) is 0 Å².